The Morgan fingerprint density at radius 3 is 2.67 bits per heavy atom. The Labute approximate surface area is 227 Å². The number of likely N-dealkylation sites (tertiary alicyclic amines) is 1. The van der Waals surface area contributed by atoms with Crippen molar-refractivity contribution in [3.05, 3.63) is 47.5 Å². The van der Waals surface area contributed by atoms with E-state index in [9.17, 15) is 14.7 Å². The van der Waals surface area contributed by atoms with Crippen LogP contribution in [-0.4, -0.2) is 79.7 Å². The molecule has 4 aliphatic heterocycles. The minimum Gasteiger partial charge on any atom is -0.487 e. The number of aliphatic hydroxyl groups excluding tert-OH is 1. The molecule has 4 aliphatic rings. The van der Waals surface area contributed by atoms with E-state index in [-0.39, 0.29) is 49.8 Å². The maximum atomic E-state index is 12.9. The molecule has 2 aromatic rings. The van der Waals surface area contributed by atoms with Crippen LogP contribution in [0.1, 0.15) is 53.9 Å². The molecule has 0 bridgehead atoms. The predicted octanol–water partition coefficient (Wildman–Crippen LogP) is 2.65. The van der Waals surface area contributed by atoms with Crippen LogP contribution >= 0.6 is 0 Å². The average molecular weight is 538 g/mol. The molecule has 2 amide bonds. The van der Waals surface area contributed by atoms with E-state index in [0.717, 1.165) is 25.2 Å². The molecule has 10 heteroatoms. The normalized spacial score (nSPS) is 25.4. The second kappa shape index (κ2) is 11.4. The number of benzene rings is 2. The Balaban J connectivity index is 1.09. The lowest BCUT2D eigenvalue weighted by atomic mass is 9.84. The molecule has 2 fully saturated rings. The van der Waals surface area contributed by atoms with E-state index in [4.69, 9.17) is 18.9 Å². The van der Waals surface area contributed by atoms with E-state index in [2.05, 4.69) is 15.5 Å². The molecule has 4 atom stereocenters. The highest BCUT2D eigenvalue weighted by molar-refractivity contribution is 6.04. The van der Waals surface area contributed by atoms with Gasteiger partial charge < -0.3 is 39.6 Å². The molecule has 0 aliphatic carbocycles. The van der Waals surface area contributed by atoms with Crippen molar-refractivity contribution in [1.29, 1.82) is 0 Å². The van der Waals surface area contributed by atoms with Gasteiger partial charge in [0.05, 0.1) is 19.1 Å². The highest BCUT2D eigenvalue weighted by atomic mass is 16.7. The summed E-state index contributed by atoms with van der Waals surface area (Å²) in [7, 11) is 0. The third-order valence-corrected chi connectivity index (χ3v) is 8.00. The van der Waals surface area contributed by atoms with Crippen molar-refractivity contribution in [2.24, 2.45) is 0 Å². The zero-order valence-corrected chi connectivity index (χ0v) is 21.9. The quantitative estimate of drug-likeness (QED) is 0.471. The van der Waals surface area contributed by atoms with E-state index in [1.807, 2.05) is 12.1 Å². The van der Waals surface area contributed by atoms with Crippen molar-refractivity contribution in [3.8, 4) is 17.2 Å². The van der Waals surface area contributed by atoms with Crippen LogP contribution in [0.4, 0.5) is 5.69 Å². The molecule has 0 unspecified atom stereocenters. The number of nitrogens with zero attached hydrogens (tertiary/aromatic N) is 1. The second-order valence-corrected chi connectivity index (χ2v) is 10.6. The number of carbonyl (C=O) groups is 2. The summed E-state index contributed by atoms with van der Waals surface area (Å²) in [6, 6.07) is 10.6. The van der Waals surface area contributed by atoms with Crippen molar-refractivity contribution in [2.75, 3.05) is 44.9 Å². The molecule has 0 aromatic heterocycles. The van der Waals surface area contributed by atoms with Crippen LogP contribution in [0.5, 0.6) is 17.2 Å². The smallest absolute Gasteiger partial charge is 0.255 e. The fourth-order valence-electron chi connectivity index (χ4n) is 6.02. The van der Waals surface area contributed by atoms with Gasteiger partial charge in [0.1, 0.15) is 18.0 Å². The summed E-state index contributed by atoms with van der Waals surface area (Å²) < 4.78 is 23.0. The number of carbonyl (C=O) groups excluding carboxylic acids is 2. The van der Waals surface area contributed by atoms with E-state index in [0.29, 0.717) is 41.5 Å². The molecular formula is C29H35N3O7. The van der Waals surface area contributed by atoms with Gasteiger partial charge in [-0.3, -0.25) is 9.59 Å². The third-order valence-electron chi connectivity index (χ3n) is 8.00. The van der Waals surface area contributed by atoms with Gasteiger partial charge in [-0.05, 0) is 68.8 Å². The highest BCUT2D eigenvalue weighted by Crippen LogP contribution is 2.47. The lowest BCUT2D eigenvalue weighted by Gasteiger charge is -2.37. The second-order valence-electron chi connectivity index (χ2n) is 10.6. The molecule has 2 saturated heterocycles. The summed E-state index contributed by atoms with van der Waals surface area (Å²) >= 11 is 0. The third kappa shape index (κ3) is 5.68. The summed E-state index contributed by atoms with van der Waals surface area (Å²) in [4.78, 5) is 28.0. The number of aliphatic hydroxyl groups is 1. The molecular weight excluding hydrogens is 502 g/mol. The predicted molar refractivity (Wildman–Crippen MR) is 142 cm³/mol. The summed E-state index contributed by atoms with van der Waals surface area (Å²) in [6.45, 7) is 3.63. The van der Waals surface area contributed by atoms with E-state index >= 15 is 0 Å². The first-order valence-electron chi connectivity index (χ1n) is 13.8. The summed E-state index contributed by atoms with van der Waals surface area (Å²) in [5.74, 6) is 1.51. The van der Waals surface area contributed by atoms with Gasteiger partial charge in [-0.1, -0.05) is 6.42 Å². The number of piperidine rings is 1. The SMILES string of the molecule is O=C(C[C@H]1C[C@H]2c3cc(NC(=O)c4ccc5c(c4)OCO5)ccc3O[C@H]2[C@H](CO)O1)NCCN1CCCCC1. The van der Waals surface area contributed by atoms with Crippen LogP contribution in [0.3, 0.4) is 0 Å². The lowest BCUT2D eigenvalue weighted by molar-refractivity contribution is -0.142. The highest BCUT2D eigenvalue weighted by Gasteiger charge is 2.46. The number of fused-ring (bicyclic) bond motifs is 4. The molecule has 0 spiro atoms. The Morgan fingerprint density at radius 1 is 1.00 bits per heavy atom. The minimum absolute atomic E-state index is 0.0453. The van der Waals surface area contributed by atoms with Gasteiger partial charge in [0.25, 0.3) is 5.91 Å². The van der Waals surface area contributed by atoms with Crippen molar-refractivity contribution < 1.29 is 33.6 Å². The van der Waals surface area contributed by atoms with Crippen molar-refractivity contribution in [2.45, 2.75) is 56.3 Å². The molecule has 2 aromatic carbocycles. The van der Waals surface area contributed by atoms with Gasteiger partial charge in [-0.25, -0.2) is 0 Å². The molecule has 3 N–H and O–H groups in total. The van der Waals surface area contributed by atoms with Gasteiger partial charge >= 0.3 is 0 Å². The van der Waals surface area contributed by atoms with Crippen molar-refractivity contribution in [1.82, 2.24) is 10.2 Å². The van der Waals surface area contributed by atoms with E-state index in [1.165, 1.54) is 19.3 Å². The number of hydrogen-bond donors (Lipinski definition) is 3. The Bertz CT molecular complexity index is 1220. The van der Waals surface area contributed by atoms with Gasteiger partial charge in [0.15, 0.2) is 11.5 Å². The largest absolute Gasteiger partial charge is 0.487 e. The van der Waals surface area contributed by atoms with Crippen molar-refractivity contribution >= 4 is 17.5 Å². The minimum atomic E-state index is -0.533. The topological polar surface area (TPSA) is 119 Å². The van der Waals surface area contributed by atoms with Crippen LogP contribution in [-0.2, 0) is 9.53 Å². The Kier molecular flexibility index (Phi) is 7.58. The monoisotopic (exact) mass is 537 g/mol. The number of ether oxygens (including phenoxy) is 4. The first-order valence-corrected chi connectivity index (χ1v) is 13.8. The fraction of sp³-hybridized carbons (Fsp3) is 0.517. The van der Waals surface area contributed by atoms with E-state index in [1.54, 1.807) is 24.3 Å². The zero-order chi connectivity index (χ0) is 26.8. The average Bonchev–Trinajstić information content (AvgIpc) is 3.57. The molecule has 4 heterocycles. The number of hydrogen-bond acceptors (Lipinski definition) is 8. The molecule has 10 nitrogen and oxygen atoms in total. The van der Waals surface area contributed by atoms with Gasteiger partial charge in [0.2, 0.25) is 12.7 Å². The van der Waals surface area contributed by atoms with Crippen LogP contribution in [0.2, 0.25) is 0 Å². The molecule has 6 rings (SSSR count). The summed E-state index contributed by atoms with van der Waals surface area (Å²) in [6.07, 6.45) is 3.35. The fourth-order valence-corrected chi connectivity index (χ4v) is 6.02. The molecule has 208 valence electrons. The van der Waals surface area contributed by atoms with Gasteiger partial charge in [-0.2, -0.15) is 0 Å². The summed E-state index contributed by atoms with van der Waals surface area (Å²) in [5.41, 5.74) is 2.05. The number of anilines is 1. The molecule has 39 heavy (non-hydrogen) atoms. The number of rotatable bonds is 8. The van der Waals surface area contributed by atoms with Crippen molar-refractivity contribution in [3.63, 3.8) is 0 Å². The summed E-state index contributed by atoms with van der Waals surface area (Å²) in [5, 5.41) is 16.0. The van der Waals surface area contributed by atoms with Gasteiger partial charge in [-0.15, -0.1) is 0 Å². The van der Waals surface area contributed by atoms with Crippen LogP contribution in [0.15, 0.2) is 36.4 Å². The maximum absolute atomic E-state index is 12.9. The Hall–Kier alpha value is -3.34. The zero-order valence-electron chi connectivity index (χ0n) is 21.9. The first-order chi connectivity index (χ1) is 19.1. The molecule has 0 saturated carbocycles. The maximum Gasteiger partial charge on any atom is 0.255 e. The number of nitrogens with one attached hydrogen (secondary N) is 2. The first kappa shape index (κ1) is 25.9. The molecule has 0 radical (unpaired) electrons. The number of amides is 2. The lowest BCUT2D eigenvalue weighted by Crippen LogP contribution is -2.47. The standard InChI is InChI=1S/C29H35N3O7/c33-16-26-28-22(14-20(38-26)15-27(34)30-8-11-32-9-2-1-3-10-32)21-13-19(5-7-23(21)39-28)31-29(35)18-4-6-24-25(12-18)37-17-36-24/h4-7,12-13,20,22,26,28,33H,1-3,8-11,14-17H2,(H,30,34)(H,31,35)/t20-,22+,26+,28-/m1/s1. The van der Waals surface area contributed by atoms with Crippen LogP contribution < -0.4 is 24.8 Å². The van der Waals surface area contributed by atoms with Crippen LogP contribution in [0, 0.1) is 0 Å². The van der Waals surface area contributed by atoms with E-state index < -0.39 is 6.10 Å². The Morgan fingerprint density at radius 2 is 1.82 bits per heavy atom. The van der Waals surface area contributed by atoms with Gasteiger partial charge in [0, 0.05) is 35.8 Å². The van der Waals surface area contributed by atoms with Crippen LogP contribution in [0.25, 0.3) is 0 Å².